The van der Waals surface area contributed by atoms with Crippen LogP contribution < -0.4 is 5.73 Å². The molecule has 0 aliphatic heterocycles. The summed E-state index contributed by atoms with van der Waals surface area (Å²) in [6.45, 7) is 17.7. The predicted molar refractivity (Wildman–Crippen MR) is 108 cm³/mol. The van der Waals surface area contributed by atoms with Gasteiger partial charge in [0.15, 0.2) is 0 Å². The summed E-state index contributed by atoms with van der Waals surface area (Å²) in [6, 6.07) is 13.2. The Morgan fingerprint density at radius 2 is 1.64 bits per heavy atom. The summed E-state index contributed by atoms with van der Waals surface area (Å²) in [6.07, 6.45) is 2.98. The molecule has 3 rings (SSSR count). The van der Waals surface area contributed by atoms with Crippen molar-refractivity contribution in [3.05, 3.63) is 82.4 Å². The molecule has 1 nitrogen and oxygen atoms in total. The lowest BCUT2D eigenvalue weighted by Gasteiger charge is -2.44. The van der Waals surface area contributed by atoms with Gasteiger partial charge in [-0.2, -0.15) is 0 Å². The molecule has 1 heteroatoms. The van der Waals surface area contributed by atoms with Gasteiger partial charge in [-0.3, -0.25) is 0 Å². The first kappa shape index (κ1) is 17.9. The molecule has 0 aromatic heterocycles. The fourth-order valence-electron chi connectivity index (χ4n) is 3.91. The molecule has 2 aromatic carbocycles. The second-order valence-electron chi connectivity index (χ2n) is 9.30. The molecule has 0 radical (unpaired) electrons. The lowest BCUT2D eigenvalue weighted by atomic mass is 9.61. The van der Waals surface area contributed by atoms with E-state index in [2.05, 4.69) is 84.5 Å². The zero-order valence-electron chi connectivity index (χ0n) is 16.5. The summed E-state index contributed by atoms with van der Waals surface area (Å²) in [5, 5.41) is 0. The molecule has 0 saturated carbocycles. The average molecular weight is 334 g/mol. The first-order valence-electron chi connectivity index (χ1n) is 9.17. The number of nitrogens with two attached hydrogens (primary N) is 1. The Kier molecular flexibility index (Phi) is 4.00. The minimum Gasteiger partial charge on any atom is -0.314 e. The Balaban J connectivity index is 2.26. The highest BCUT2D eigenvalue weighted by atomic mass is 14.7. The van der Waals surface area contributed by atoms with Gasteiger partial charge in [-0.15, -0.1) is 6.58 Å². The molecule has 1 atom stereocenters. The first-order valence-corrected chi connectivity index (χ1v) is 9.17. The summed E-state index contributed by atoms with van der Waals surface area (Å²) in [4.78, 5) is 0. The van der Waals surface area contributed by atoms with E-state index in [0.29, 0.717) is 0 Å². The molecule has 0 saturated heterocycles. The van der Waals surface area contributed by atoms with Crippen molar-refractivity contribution in [2.75, 3.05) is 0 Å². The van der Waals surface area contributed by atoms with E-state index in [9.17, 15) is 0 Å². The lowest BCUT2D eigenvalue weighted by molar-refractivity contribution is 0.440. The topological polar surface area (TPSA) is 26.0 Å². The van der Waals surface area contributed by atoms with Crippen LogP contribution in [0.2, 0.25) is 0 Å². The molecule has 132 valence electrons. The van der Waals surface area contributed by atoms with Crippen molar-refractivity contribution in [1.82, 2.24) is 0 Å². The fourth-order valence-corrected chi connectivity index (χ4v) is 3.91. The number of fused-ring (bicyclic) bond motifs is 1. The third kappa shape index (κ3) is 2.85. The maximum absolute atomic E-state index is 6.98. The Hall–Kier alpha value is -1.86. The van der Waals surface area contributed by atoms with E-state index in [1.54, 1.807) is 0 Å². The number of aryl methyl sites for hydroxylation is 1. The normalized spacial score (nSPS) is 18.0. The van der Waals surface area contributed by atoms with Crippen molar-refractivity contribution in [3.8, 4) is 0 Å². The van der Waals surface area contributed by atoms with Gasteiger partial charge in [0, 0.05) is 0 Å². The molecule has 25 heavy (non-hydrogen) atoms. The molecule has 0 spiro atoms. The van der Waals surface area contributed by atoms with Gasteiger partial charge in [0.25, 0.3) is 0 Å². The maximum Gasteiger partial charge on any atom is 0.0852 e. The van der Waals surface area contributed by atoms with Crippen LogP contribution in [0.5, 0.6) is 0 Å². The van der Waals surface area contributed by atoms with Crippen LogP contribution in [0.3, 0.4) is 0 Å². The highest BCUT2D eigenvalue weighted by molar-refractivity contribution is 5.58. The third-order valence-electron chi connectivity index (χ3n) is 5.76. The van der Waals surface area contributed by atoms with Gasteiger partial charge >= 0.3 is 0 Å². The monoisotopic (exact) mass is 333 g/mol. The molecule has 0 fully saturated rings. The largest absolute Gasteiger partial charge is 0.314 e. The first-order chi connectivity index (χ1) is 11.5. The van der Waals surface area contributed by atoms with Gasteiger partial charge in [-0.25, -0.2) is 0 Å². The molecule has 2 N–H and O–H groups in total. The fraction of sp³-hybridized carbons (Fsp3) is 0.417. The van der Waals surface area contributed by atoms with Gasteiger partial charge in [-0.05, 0) is 52.0 Å². The zero-order valence-corrected chi connectivity index (χ0v) is 16.5. The van der Waals surface area contributed by atoms with E-state index >= 15 is 0 Å². The van der Waals surface area contributed by atoms with E-state index in [4.69, 9.17) is 5.73 Å². The zero-order chi connectivity index (χ0) is 18.6. The minimum atomic E-state index is -0.657. The van der Waals surface area contributed by atoms with E-state index in [-0.39, 0.29) is 10.8 Å². The smallest absolute Gasteiger partial charge is 0.0852 e. The van der Waals surface area contributed by atoms with Crippen LogP contribution in [0.1, 0.15) is 68.0 Å². The van der Waals surface area contributed by atoms with Crippen molar-refractivity contribution in [1.29, 1.82) is 0 Å². The van der Waals surface area contributed by atoms with Crippen LogP contribution in [-0.2, 0) is 22.8 Å². The van der Waals surface area contributed by atoms with Gasteiger partial charge in [0.05, 0.1) is 5.54 Å². The quantitative estimate of drug-likeness (QED) is 0.736. The average Bonchev–Trinajstić information content (AvgIpc) is 2.52. The van der Waals surface area contributed by atoms with Crippen LogP contribution in [0.25, 0.3) is 0 Å². The van der Waals surface area contributed by atoms with Crippen molar-refractivity contribution in [3.63, 3.8) is 0 Å². The van der Waals surface area contributed by atoms with E-state index < -0.39 is 5.54 Å². The number of rotatable bonds is 3. The maximum atomic E-state index is 6.98. The SMILES string of the molecule is C=CC(N)(c1ccc(C)cc1)c1cc(C(C)(C)C)cc2c1CC2(C)C. The Labute approximate surface area is 153 Å². The summed E-state index contributed by atoms with van der Waals surface area (Å²) < 4.78 is 0. The van der Waals surface area contributed by atoms with E-state index in [0.717, 1.165) is 12.0 Å². The summed E-state index contributed by atoms with van der Waals surface area (Å²) in [5.41, 5.74) is 14.4. The summed E-state index contributed by atoms with van der Waals surface area (Å²) in [5.74, 6) is 0. The molecule has 1 aliphatic carbocycles. The van der Waals surface area contributed by atoms with Crippen molar-refractivity contribution >= 4 is 0 Å². The second-order valence-corrected chi connectivity index (χ2v) is 9.30. The third-order valence-corrected chi connectivity index (χ3v) is 5.76. The van der Waals surface area contributed by atoms with Crippen LogP contribution in [0.15, 0.2) is 49.1 Å². The highest BCUT2D eigenvalue weighted by Crippen LogP contribution is 2.48. The number of hydrogen-bond acceptors (Lipinski definition) is 1. The molecule has 2 aromatic rings. The van der Waals surface area contributed by atoms with Gasteiger partial charge in [0.1, 0.15) is 0 Å². The van der Waals surface area contributed by atoms with Gasteiger partial charge < -0.3 is 5.73 Å². The number of hydrogen-bond donors (Lipinski definition) is 1. The molecule has 1 aliphatic rings. The molecule has 0 bridgehead atoms. The van der Waals surface area contributed by atoms with Crippen molar-refractivity contribution in [2.45, 2.75) is 64.3 Å². The van der Waals surface area contributed by atoms with Gasteiger partial charge in [-0.1, -0.05) is 82.7 Å². The Bertz CT molecular complexity index is 818. The predicted octanol–water partition coefficient (Wildman–Crippen LogP) is 5.51. The summed E-state index contributed by atoms with van der Waals surface area (Å²) in [7, 11) is 0. The Morgan fingerprint density at radius 3 is 2.12 bits per heavy atom. The minimum absolute atomic E-state index is 0.0881. The highest BCUT2D eigenvalue weighted by Gasteiger charge is 2.41. The Morgan fingerprint density at radius 1 is 1.04 bits per heavy atom. The van der Waals surface area contributed by atoms with Crippen molar-refractivity contribution < 1.29 is 0 Å². The molecular weight excluding hydrogens is 302 g/mol. The summed E-state index contributed by atoms with van der Waals surface area (Å²) >= 11 is 0. The van der Waals surface area contributed by atoms with Crippen LogP contribution in [0.4, 0.5) is 0 Å². The molecular formula is C24H31N. The lowest BCUT2D eigenvalue weighted by Crippen LogP contribution is -2.42. The van der Waals surface area contributed by atoms with Crippen LogP contribution in [0, 0.1) is 6.92 Å². The number of benzene rings is 2. The van der Waals surface area contributed by atoms with Crippen LogP contribution >= 0.6 is 0 Å². The molecule has 0 amide bonds. The van der Waals surface area contributed by atoms with Crippen LogP contribution in [-0.4, -0.2) is 0 Å². The molecule has 1 unspecified atom stereocenters. The standard InChI is InChI=1S/C24H31N/c1-8-24(25,17-11-9-16(2)10-12-17)21-14-18(22(3,4)5)13-20-19(21)15-23(20,6)7/h8-14H,1,15,25H2,2-7H3. The second kappa shape index (κ2) is 5.57. The van der Waals surface area contributed by atoms with Crippen molar-refractivity contribution in [2.24, 2.45) is 5.73 Å². The van der Waals surface area contributed by atoms with E-state index in [1.165, 1.54) is 27.8 Å². The van der Waals surface area contributed by atoms with E-state index in [1.807, 2.05) is 6.08 Å². The van der Waals surface area contributed by atoms with Gasteiger partial charge in [0.2, 0.25) is 0 Å². The molecule has 0 heterocycles.